The van der Waals surface area contributed by atoms with Gasteiger partial charge in [0.05, 0.1) is 16.2 Å². The molecule has 0 fully saturated rings. The van der Waals surface area contributed by atoms with Gasteiger partial charge in [-0.2, -0.15) is 5.26 Å². The van der Waals surface area contributed by atoms with Crippen LogP contribution in [0, 0.1) is 21.4 Å². The third kappa shape index (κ3) is 6.45. The van der Waals surface area contributed by atoms with Crippen molar-refractivity contribution >= 4 is 49.1 Å². The molecule has 1 aromatic carbocycles. The highest BCUT2D eigenvalue weighted by atomic mass is 79.9. The third-order valence-electron chi connectivity index (χ3n) is 3.94. The minimum Gasteiger partial charge on any atom is -0.369 e. The molecule has 0 aliphatic carbocycles. The summed E-state index contributed by atoms with van der Waals surface area (Å²) in [6.07, 6.45) is 0. The lowest BCUT2D eigenvalue weighted by Gasteiger charge is -2.25. The Morgan fingerprint density at radius 1 is 1.15 bits per heavy atom. The first-order valence-corrected chi connectivity index (χ1v) is 10.5. The number of hydrogen-bond acceptors (Lipinski definition) is 6. The van der Waals surface area contributed by atoms with Crippen LogP contribution in [-0.2, 0) is 0 Å². The van der Waals surface area contributed by atoms with Crippen molar-refractivity contribution in [3.63, 3.8) is 0 Å². The largest absolute Gasteiger partial charge is 0.369 e. The standard InChI is InChI=1S/C17H23Br2N5O3/c1-21(2)8-9-22(3)17(25)14-11-15(23(6-4-18)7-5-19)13(12-20)10-16(14)24(26)27/h10-11H,4-9H2,1-3H3. The van der Waals surface area contributed by atoms with Gasteiger partial charge in [-0.15, -0.1) is 0 Å². The van der Waals surface area contributed by atoms with Crippen molar-refractivity contribution in [3.8, 4) is 6.07 Å². The molecule has 148 valence electrons. The Labute approximate surface area is 176 Å². The summed E-state index contributed by atoms with van der Waals surface area (Å²) >= 11 is 6.76. The number of nitro groups is 1. The molecule has 0 atom stereocenters. The molecule has 8 nitrogen and oxygen atoms in total. The normalized spacial score (nSPS) is 10.6. The lowest BCUT2D eigenvalue weighted by atomic mass is 10.0. The number of anilines is 1. The number of alkyl halides is 2. The quantitative estimate of drug-likeness (QED) is 0.276. The zero-order valence-electron chi connectivity index (χ0n) is 15.6. The first-order chi connectivity index (χ1) is 12.8. The SMILES string of the molecule is CN(C)CCN(C)C(=O)c1cc(N(CCBr)CCBr)c(C#N)cc1[N+](=O)[O-]. The highest BCUT2D eigenvalue weighted by Gasteiger charge is 2.27. The minimum absolute atomic E-state index is 0.00981. The van der Waals surface area contributed by atoms with Crippen LogP contribution in [0.1, 0.15) is 15.9 Å². The van der Waals surface area contributed by atoms with Crippen LogP contribution >= 0.6 is 31.9 Å². The fourth-order valence-corrected chi connectivity index (χ4v) is 3.32. The number of amides is 1. The molecule has 1 amide bonds. The Hall–Kier alpha value is -1.70. The summed E-state index contributed by atoms with van der Waals surface area (Å²) in [6.45, 7) is 2.27. The molecule has 0 bridgehead atoms. The summed E-state index contributed by atoms with van der Waals surface area (Å²) in [5.74, 6) is -0.438. The monoisotopic (exact) mass is 503 g/mol. The van der Waals surface area contributed by atoms with Gasteiger partial charge >= 0.3 is 0 Å². The molecule has 0 unspecified atom stereocenters. The molecular formula is C17H23Br2N5O3. The maximum absolute atomic E-state index is 12.9. The Bertz CT molecular complexity index is 715. The number of halogens is 2. The molecule has 0 aromatic heterocycles. The van der Waals surface area contributed by atoms with Crippen molar-refractivity contribution < 1.29 is 9.72 Å². The molecule has 0 saturated carbocycles. The van der Waals surface area contributed by atoms with Gasteiger partial charge in [0.25, 0.3) is 11.6 Å². The van der Waals surface area contributed by atoms with Crippen molar-refractivity contribution in [1.82, 2.24) is 9.80 Å². The smallest absolute Gasteiger partial charge is 0.283 e. The van der Waals surface area contributed by atoms with Crippen LogP contribution in [0.3, 0.4) is 0 Å². The molecule has 0 radical (unpaired) electrons. The summed E-state index contributed by atoms with van der Waals surface area (Å²) < 4.78 is 0. The Balaban J connectivity index is 3.43. The highest BCUT2D eigenvalue weighted by molar-refractivity contribution is 9.09. The molecule has 0 aliphatic rings. The van der Waals surface area contributed by atoms with E-state index >= 15 is 0 Å². The van der Waals surface area contributed by atoms with E-state index in [1.165, 1.54) is 17.0 Å². The first-order valence-electron chi connectivity index (χ1n) is 8.26. The van der Waals surface area contributed by atoms with Gasteiger partial charge in [-0.1, -0.05) is 31.9 Å². The second kappa shape index (κ2) is 11.2. The Morgan fingerprint density at radius 3 is 2.19 bits per heavy atom. The summed E-state index contributed by atoms with van der Waals surface area (Å²) in [6, 6.07) is 4.68. The number of likely N-dealkylation sites (N-methyl/N-ethyl adjacent to an activating group) is 2. The highest BCUT2D eigenvalue weighted by Crippen LogP contribution is 2.30. The van der Waals surface area contributed by atoms with E-state index in [1.54, 1.807) is 7.05 Å². The van der Waals surface area contributed by atoms with Gasteiger partial charge in [0.2, 0.25) is 0 Å². The van der Waals surface area contributed by atoms with Crippen molar-refractivity contribution in [2.24, 2.45) is 0 Å². The molecule has 1 aromatic rings. The molecule has 0 saturated heterocycles. The number of hydrogen-bond donors (Lipinski definition) is 0. The van der Waals surface area contributed by atoms with E-state index in [2.05, 4.69) is 31.9 Å². The zero-order valence-corrected chi connectivity index (χ0v) is 18.8. The number of nitrogens with zero attached hydrogens (tertiary/aromatic N) is 5. The van der Waals surface area contributed by atoms with Crippen LogP contribution in [-0.4, -0.2) is 78.6 Å². The maximum Gasteiger partial charge on any atom is 0.283 e. The summed E-state index contributed by atoms with van der Waals surface area (Å²) in [5, 5.41) is 22.3. The van der Waals surface area contributed by atoms with E-state index < -0.39 is 10.8 Å². The zero-order chi connectivity index (χ0) is 20.6. The molecule has 27 heavy (non-hydrogen) atoms. The lowest BCUT2D eigenvalue weighted by Crippen LogP contribution is -2.34. The second-order valence-electron chi connectivity index (χ2n) is 6.15. The predicted octanol–water partition coefficient (Wildman–Crippen LogP) is 2.70. The Morgan fingerprint density at radius 2 is 1.74 bits per heavy atom. The van der Waals surface area contributed by atoms with Crippen LogP contribution in [0.2, 0.25) is 0 Å². The van der Waals surface area contributed by atoms with Gasteiger partial charge in [-0.25, -0.2) is 0 Å². The number of carbonyl (C=O) groups excluding carboxylic acids is 1. The van der Waals surface area contributed by atoms with E-state index in [1.807, 2.05) is 30.0 Å². The van der Waals surface area contributed by atoms with Crippen molar-refractivity contribution in [2.75, 3.05) is 62.9 Å². The average Bonchev–Trinajstić information content (AvgIpc) is 2.64. The van der Waals surface area contributed by atoms with Gasteiger partial charge in [-0.3, -0.25) is 14.9 Å². The van der Waals surface area contributed by atoms with E-state index in [0.717, 1.165) is 0 Å². The van der Waals surface area contributed by atoms with Crippen LogP contribution in [0.4, 0.5) is 11.4 Å². The van der Waals surface area contributed by atoms with Crippen LogP contribution in [0.25, 0.3) is 0 Å². The Kier molecular flexibility index (Phi) is 9.69. The number of benzene rings is 1. The van der Waals surface area contributed by atoms with E-state index in [-0.39, 0.29) is 16.8 Å². The van der Waals surface area contributed by atoms with Crippen molar-refractivity contribution in [1.29, 1.82) is 5.26 Å². The molecule has 0 spiro atoms. The second-order valence-corrected chi connectivity index (χ2v) is 7.74. The van der Waals surface area contributed by atoms with E-state index in [4.69, 9.17) is 0 Å². The topological polar surface area (TPSA) is 93.7 Å². The van der Waals surface area contributed by atoms with Crippen LogP contribution in [0.5, 0.6) is 0 Å². The van der Waals surface area contributed by atoms with E-state index in [9.17, 15) is 20.2 Å². The van der Waals surface area contributed by atoms with Crippen molar-refractivity contribution in [3.05, 3.63) is 33.4 Å². The van der Waals surface area contributed by atoms with Gasteiger partial charge in [-0.05, 0) is 20.2 Å². The maximum atomic E-state index is 12.9. The number of rotatable bonds is 10. The van der Waals surface area contributed by atoms with Crippen LogP contribution < -0.4 is 4.90 Å². The minimum atomic E-state index is -0.614. The molecule has 10 heteroatoms. The summed E-state index contributed by atoms with van der Waals surface area (Å²) in [5.41, 5.74) is 0.335. The molecule has 1 rings (SSSR count). The molecule has 0 N–H and O–H groups in total. The van der Waals surface area contributed by atoms with Crippen molar-refractivity contribution in [2.45, 2.75) is 0 Å². The lowest BCUT2D eigenvalue weighted by molar-refractivity contribution is -0.385. The number of nitro benzene ring substituents is 1. The van der Waals surface area contributed by atoms with Gasteiger partial charge in [0, 0.05) is 50.0 Å². The summed E-state index contributed by atoms with van der Waals surface area (Å²) in [7, 11) is 5.39. The van der Waals surface area contributed by atoms with Gasteiger partial charge in [0.15, 0.2) is 0 Å². The first kappa shape index (κ1) is 23.3. The van der Waals surface area contributed by atoms with Gasteiger partial charge in [0.1, 0.15) is 11.6 Å². The van der Waals surface area contributed by atoms with Gasteiger partial charge < -0.3 is 14.7 Å². The number of carbonyl (C=O) groups is 1. The number of nitriles is 1. The molecule has 0 heterocycles. The average molecular weight is 505 g/mol. The fraction of sp³-hybridized carbons (Fsp3) is 0.529. The molecule has 0 aliphatic heterocycles. The summed E-state index contributed by atoms with van der Waals surface area (Å²) in [4.78, 5) is 29.0. The molecular weight excluding hydrogens is 482 g/mol. The third-order valence-corrected chi connectivity index (χ3v) is 4.65. The predicted molar refractivity (Wildman–Crippen MR) is 113 cm³/mol. The van der Waals surface area contributed by atoms with Crippen LogP contribution in [0.15, 0.2) is 12.1 Å². The van der Waals surface area contributed by atoms with E-state index in [0.29, 0.717) is 42.5 Å². The fourth-order valence-electron chi connectivity index (χ4n) is 2.46.